The number of hydrogen-bond donors (Lipinski definition) is 1. The number of benzene rings is 2. The summed E-state index contributed by atoms with van der Waals surface area (Å²) in [5.74, 6) is 0. The Kier molecular flexibility index (Phi) is 4.19. The number of hydrogen-bond acceptors (Lipinski definition) is 1. The van der Waals surface area contributed by atoms with E-state index in [0.29, 0.717) is 16.5 Å². The molecule has 0 aromatic heterocycles. The van der Waals surface area contributed by atoms with Gasteiger partial charge in [0.15, 0.2) is 0 Å². The Morgan fingerprint density at radius 3 is 2.37 bits per heavy atom. The van der Waals surface area contributed by atoms with Crippen LogP contribution < -0.4 is 0 Å². The summed E-state index contributed by atoms with van der Waals surface area (Å²) in [5, 5.41) is 11.7. The maximum absolute atomic E-state index is 10.7. The molecule has 0 saturated heterocycles. The average Bonchev–Trinajstić information content (AvgIpc) is 2.34. The van der Waals surface area contributed by atoms with Crippen LogP contribution in [0.2, 0.25) is 10.0 Å². The smallest absolute Gasteiger partial charge is 0.0911 e. The molecular weight excluding hydrogens is 279 g/mol. The predicted octanol–water partition coefficient (Wildman–Crippen LogP) is 4.75. The molecule has 1 atom stereocenters. The van der Waals surface area contributed by atoms with E-state index in [-0.39, 0.29) is 0 Å². The van der Waals surface area contributed by atoms with Crippen molar-refractivity contribution in [3.63, 3.8) is 0 Å². The highest BCUT2D eigenvalue weighted by Gasteiger charge is 2.25. The summed E-state index contributed by atoms with van der Waals surface area (Å²) in [6, 6.07) is 13.3. The Labute approximate surface area is 123 Å². The second-order valence-electron chi connectivity index (χ2n) is 5.01. The van der Waals surface area contributed by atoms with E-state index < -0.39 is 5.60 Å². The molecule has 3 heteroatoms. The van der Waals surface area contributed by atoms with E-state index in [2.05, 4.69) is 0 Å². The highest BCUT2D eigenvalue weighted by Crippen LogP contribution is 2.30. The van der Waals surface area contributed by atoms with Gasteiger partial charge < -0.3 is 5.11 Å². The summed E-state index contributed by atoms with van der Waals surface area (Å²) in [6.45, 7) is 3.82. The van der Waals surface area contributed by atoms with E-state index in [0.717, 1.165) is 16.7 Å². The molecule has 0 heterocycles. The molecule has 0 aliphatic rings. The second kappa shape index (κ2) is 5.54. The third kappa shape index (κ3) is 3.30. The first-order valence-electron chi connectivity index (χ1n) is 6.12. The molecule has 1 nitrogen and oxygen atoms in total. The van der Waals surface area contributed by atoms with Gasteiger partial charge in [0.1, 0.15) is 0 Å². The lowest BCUT2D eigenvalue weighted by Gasteiger charge is -2.26. The number of halogens is 2. The quantitative estimate of drug-likeness (QED) is 0.866. The Bertz CT molecular complexity index is 591. The van der Waals surface area contributed by atoms with E-state index in [1.807, 2.05) is 44.2 Å². The summed E-state index contributed by atoms with van der Waals surface area (Å²) in [6.07, 6.45) is 0.495. The summed E-state index contributed by atoms with van der Waals surface area (Å²) < 4.78 is 0. The van der Waals surface area contributed by atoms with Gasteiger partial charge in [-0.2, -0.15) is 0 Å². The lowest BCUT2D eigenvalue weighted by atomic mass is 9.86. The Hall–Kier alpha value is -1.02. The van der Waals surface area contributed by atoms with Gasteiger partial charge in [-0.15, -0.1) is 0 Å². The molecule has 1 N–H and O–H groups in total. The number of aryl methyl sites for hydroxylation is 1. The fraction of sp³-hybridized carbons (Fsp3) is 0.250. The minimum atomic E-state index is -0.928. The van der Waals surface area contributed by atoms with Crippen LogP contribution in [0.1, 0.15) is 23.6 Å². The van der Waals surface area contributed by atoms with Crippen molar-refractivity contribution < 1.29 is 5.11 Å². The normalized spacial score (nSPS) is 14.2. The molecule has 2 aromatic carbocycles. The van der Waals surface area contributed by atoms with Gasteiger partial charge in [0.05, 0.1) is 15.6 Å². The maximum Gasteiger partial charge on any atom is 0.0911 e. The predicted molar refractivity (Wildman–Crippen MR) is 80.9 cm³/mol. The highest BCUT2D eigenvalue weighted by molar-refractivity contribution is 6.42. The van der Waals surface area contributed by atoms with E-state index in [4.69, 9.17) is 23.2 Å². The van der Waals surface area contributed by atoms with Gasteiger partial charge in [0, 0.05) is 6.42 Å². The summed E-state index contributed by atoms with van der Waals surface area (Å²) in [5.41, 5.74) is 2.04. The first kappa shape index (κ1) is 14.4. The largest absolute Gasteiger partial charge is 0.385 e. The fourth-order valence-corrected chi connectivity index (χ4v) is 2.64. The molecule has 0 fully saturated rings. The Morgan fingerprint density at radius 1 is 1.05 bits per heavy atom. The summed E-state index contributed by atoms with van der Waals surface area (Å²) in [4.78, 5) is 0. The van der Waals surface area contributed by atoms with Crippen molar-refractivity contribution in [3.05, 3.63) is 69.2 Å². The molecule has 2 rings (SSSR count). The zero-order chi connectivity index (χ0) is 14.0. The zero-order valence-electron chi connectivity index (χ0n) is 11.0. The molecular formula is C16H16Cl2O. The average molecular weight is 295 g/mol. The molecule has 0 aliphatic carbocycles. The van der Waals surface area contributed by atoms with Gasteiger partial charge in [-0.25, -0.2) is 0 Å². The molecule has 1 unspecified atom stereocenters. The van der Waals surface area contributed by atoms with Gasteiger partial charge in [-0.05, 0) is 42.7 Å². The summed E-state index contributed by atoms with van der Waals surface area (Å²) in [7, 11) is 0. The topological polar surface area (TPSA) is 20.2 Å². The van der Waals surface area contributed by atoms with E-state index in [9.17, 15) is 5.11 Å². The van der Waals surface area contributed by atoms with Crippen LogP contribution in [0.4, 0.5) is 0 Å². The lowest BCUT2D eigenvalue weighted by molar-refractivity contribution is 0.0570. The minimum Gasteiger partial charge on any atom is -0.385 e. The van der Waals surface area contributed by atoms with Crippen LogP contribution in [0.25, 0.3) is 0 Å². The number of aliphatic hydroxyl groups is 1. The van der Waals surface area contributed by atoms with Crippen LogP contribution in [0.15, 0.2) is 42.5 Å². The van der Waals surface area contributed by atoms with Crippen molar-refractivity contribution >= 4 is 23.2 Å². The molecule has 0 radical (unpaired) electrons. The fourth-order valence-electron chi connectivity index (χ4n) is 2.32. The van der Waals surface area contributed by atoms with E-state index in [1.165, 1.54) is 0 Å². The molecule has 0 aliphatic heterocycles. The Morgan fingerprint density at radius 2 is 1.74 bits per heavy atom. The summed E-state index contributed by atoms with van der Waals surface area (Å²) >= 11 is 11.9. The molecule has 0 spiro atoms. The SMILES string of the molecule is Cc1ccccc1C(C)(O)Cc1ccc(Cl)c(Cl)c1. The van der Waals surface area contributed by atoms with Crippen LogP contribution >= 0.6 is 23.2 Å². The van der Waals surface area contributed by atoms with Gasteiger partial charge in [-0.1, -0.05) is 53.5 Å². The molecule has 19 heavy (non-hydrogen) atoms. The molecule has 2 aromatic rings. The minimum absolute atomic E-state index is 0.495. The first-order chi connectivity index (χ1) is 8.90. The van der Waals surface area contributed by atoms with Crippen molar-refractivity contribution in [2.75, 3.05) is 0 Å². The van der Waals surface area contributed by atoms with Gasteiger partial charge >= 0.3 is 0 Å². The standard InChI is InChI=1S/C16H16Cl2O/c1-11-5-3-4-6-13(11)16(2,19)10-12-7-8-14(17)15(18)9-12/h3-9,19H,10H2,1-2H3. The third-order valence-electron chi connectivity index (χ3n) is 3.26. The third-order valence-corrected chi connectivity index (χ3v) is 4.00. The van der Waals surface area contributed by atoms with Crippen molar-refractivity contribution in [1.82, 2.24) is 0 Å². The monoisotopic (exact) mass is 294 g/mol. The molecule has 0 saturated carbocycles. The Balaban J connectivity index is 2.31. The van der Waals surface area contributed by atoms with E-state index >= 15 is 0 Å². The van der Waals surface area contributed by atoms with Crippen LogP contribution in [0.3, 0.4) is 0 Å². The van der Waals surface area contributed by atoms with Crippen molar-refractivity contribution in [3.8, 4) is 0 Å². The van der Waals surface area contributed by atoms with Crippen molar-refractivity contribution in [1.29, 1.82) is 0 Å². The van der Waals surface area contributed by atoms with Gasteiger partial charge in [0.2, 0.25) is 0 Å². The van der Waals surface area contributed by atoms with Crippen LogP contribution in [-0.4, -0.2) is 5.11 Å². The first-order valence-corrected chi connectivity index (χ1v) is 6.88. The van der Waals surface area contributed by atoms with Crippen molar-refractivity contribution in [2.24, 2.45) is 0 Å². The van der Waals surface area contributed by atoms with Crippen LogP contribution in [-0.2, 0) is 12.0 Å². The van der Waals surface area contributed by atoms with Crippen molar-refractivity contribution in [2.45, 2.75) is 25.9 Å². The molecule has 0 bridgehead atoms. The van der Waals surface area contributed by atoms with Gasteiger partial charge in [0.25, 0.3) is 0 Å². The highest BCUT2D eigenvalue weighted by atomic mass is 35.5. The van der Waals surface area contributed by atoms with Crippen LogP contribution in [0.5, 0.6) is 0 Å². The number of rotatable bonds is 3. The van der Waals surface area contributed by atoms with Gasteiger partial charge in [-0.3, -0.25) is 0 Å². The second-order valence-corrected chi connectivity index (χ2v) is 5.83. The van der Waals surface area contributed by atoms with E-state index in [1.54, 1.807) is 12.1 Å². The van der Waals surface area contributed by atoms with Crippen LogP contribution in [0, 0.1) is 6.92 Å². The zero-order valence-corrected chi connectivity index (χ0v) is 12.5. The lowest BCUT2D eigenvalue weighted by Crippen LogP contribution is -2.25. The molecule has 100 valence electrons. The maximum atomic E-state index is 10.7. The molecule has 0 amide bonds.